The number of nitrogens with zero attached hydrogens (tertiary/aromatic N) is 3. The number of carbonyl (C=O) groups excluding carboxylic acids is 2. The van der Waals surface area contributed by atoms with Crippen LogP contribution in [0.25, 0.3) is 0 Å². The van der Waals surface area contributed by atoms with Gasteiger partial charge >= 0.3 is 5.97 Å². The van der Waals surface area contributed by atoms with Gasteiger partial charge in [0.05, 0.1) is 22.8 Å². The number of nitriles is 1. The molecule has 0 radical (unpaired) electrons. The number of aryl methyl sites for hydroxylation is 1. The number of hydrogen-bond acceptors (Lipinski definition) is 6. The molecule has 1 N–H and O–H groups in total. The van der Waals surface area contributed by atoms with E-state index < -0.39 is 11.9 Å². The predicted molar refractivity (Wildman–Crippen MR) is 93.3 cm³/mol. The molecule has 24 heavy (non-hydrogen) atoms. The van der Waals surface area contributed by atoms with Gasteiger partial charge in [0, 0.05) is 6.54 Å². The average Bonchev–Trinajstić information content (AvgIpc) is 3.07. The molecular formula is C15H15BrN4O3S. The zero-order valence-electron chi connectivity index (χ0n) is 13.3. The summed E-state index contributed by atoms with van der Waals surface area (Å²) in [7, 11) is 0. The molecule has 0 saturated heterocycles. The zero-order chi connectivity index (χ0) is 17.9. The second kappa shape index (κ2) is 7.59. The summed E-state index contributed by atoms with van der Waals surface area (Å²) in [6.07, 6.45) is 1.54. The molecule has 1 amide bonds. The van der Waals surface area contributed by atoms with E-state index >= 15 is 0 Å². The van der Waals surface area contributed by atoms with Gasteiger partial charge in [-0.15, -0.1) is 11.3 Å². The molecule has 0 saturated carbocycles. The van der Waals surface area contributed by atoms with Crippen molar-refractivity contribution in [2.24, 2.45) is 0 Å². The molecule has 2 aromatic heterocycles. The molecule has 0 bridgehead atoms. The first-order chi connectivity index (χ1) is 11.4. The van der Waals surface area contributed by atoms with Gasteiger partial charge in [0.1, 0.15) is 21.6 Å². The van der Waals surface area contributed by atoms with Crippen molar-refractivity contribution >= 4 is 44.1 Å². The molecule has 0 aliphatic rings. The minimum absolute atomic E-state index is 0.238. The summed E-state index contributed by atoms with van der Waals surface area (Å²) in [4.78, 5) is 24.8. The van der Waals surface area contributed by atoms with Crippen molar-refractivity contribution in [1.82, 2.24) is 9.78 Å². The van der Waals surface area contributed by atoms with Gasteiger partial charge in [0.2, 0.25) is 0 Å². The van der Waals surface area contributed by atoms with E-state index in [4.69, 9.17) is 4.74 Å². The maximum absolute atomic E-state index is 12.5. The molecule has 7 nitrogen and oxygen atoms in total. The Bertz CT molecular complexity index is 835. The smallest absolute Gasteiger partial charge is 0.348 e. The number of amides is 1. The lowest BCUT2D eigenvalue weighted by atomic mass is 10.2. The molecule has 0 aromatic carbocycles. The topological polar surface area (TPSA) is 97.0 Å². The van der Waals surface area contributed by atoms with Crippen LogP contribution in [0.2, 0.25) is 0 Å². The van der Waals surface area contributed by atoms with Gasteiger partial charge in [0.15, 0.2) is 0 Å². The van der Waals surface area contributed by atoms with Crippen LogP contribution in [0.4, 0.5) is 5.00 Å². The molecule has 0 spiro atoms. The molecule has 0 unspecified atom stereocenters. The third kappa shape index (κ3) is 3.34. The minimum Gasteiger partial charge on any atom is -0.462 e. The first-order valence-electron chi connectivity index (χ1n) is 7.17. The van der Waals surface area contributed by atoms with E-state index in [1.807, 2.05) is 13.0 Å². The van der Waals surface area contributed by atoms with Crippen molar-refractivity contribution in [3.63, 3.8) is 0 Å². The van der Waals surface area contributed by atoms with Crippen molar-refractivity contribution in [3.8, 4) is 6.07 Å². The first kappa shape index (κ1) is 18.2. The highest BCUT2D eigenvalue weighted by molar-refractivity contribution is 9.10. The van der Waals surface area contributed by atoms with Crippen LogP contribution < -0.4 is 5.32 Å². The average molecular weight is 411 g/mol. The number of aromatic nitrogens is 2. The fourth-order valence-corrected chi connectivity index (χ4v) is 3.64. The monoisotopic (exact) mass is 410 g/mol. The number of halogens is 1. The summed E-state index contributed by atoms with van der Waals surface area (Å²) in [6, 6.07) is 2.03. The molecular weight excluding hydrogens is 396 g/mol. The van der Waals surface area contributed by atoms with Crippen molar-refractivity contribution in [2.45, 2.75) is 27.3 Å². The highest BCUT2D eigenvalue weighted by Gasteiger charge is 2.24. The van der Waals surface area contributed by atoms with E-state index in [0.29, 0.717) is 32.2 Å². The van der Waals surface area contributed by atoms with E-state index in [1.165, 1.54) is 10.9 Å². The second-order valence-corrected chi connectivity index (χ2v) is 6.58. The third-order valence-corrected chi connectivity index (χ3v) is 5.02. The summed E-state index contributed by atoms with van der Waals surface area (Å²) >= 11 is 4.32. The van der Waals surface area contributed by atoms with Crippen LogP contribution in [0, 0.1) is 18.3 Å². The number of thiophene rings is 1. The van der Waals surface area contributed by atoms with Gasteiger partial charge in [-0.05, 0) is 42.3 Å². The maximum Gasteiger partial charge on any atom is 0.348 e. The molecule has 126 valence electrons. The number of carbonyl (C=O) groups is 2. The van der Waals surface area contributed by atoms with Crippen molar-refractivity contribution in [1.29, 1.82) is 5.26 Å². The van der Waals surface area contributed by atoms with Crippen LogP contribution in [0.15, 0.2) is 10.7 Å². The second-order valence-electron chi connectivity index (χ2n) is 4.70. The summed E-state index contributed by atoms with van der Waals surface area (Å²) in [5, 5.41) is 16.5. The van der Waals surface area contributed by atoms with Crippen molar-refractivity contribution in [2.75, 3.05) is 11.9 Å². The Balaban J connectivity index is 2.38. The highest BCUT2D eigenvalue weighted by Crippen LogP contribution is 2.33. The molecule has 0 aliphatic heterocycles. The summed E-state index contributed by atoms with van der Waals surface area (Å²) < 4.78 is 7.08. The quantitative estimate of drug-likeness (QED) is 0.762. The predicted octanol–water partition coefficient (Wildman–Crippen LogP) is 3.34. The fourth-order valence-electron chi connectivity index (χ4n) is 2.12. The Hall–Kier alpha value is -2.18. The van der Waals surface area contributed by atoms with E-state index in [2.05, 4.69) is 26.3 Å². The zero-order valence-corrected chi connectivity index (χ0v) is 15.7. The number of esters is 1. The van der Waals surface area contributed by atoms with Gasteiger partial charge in [-0.1, -0.05) is 0 Å². The fraction of sp³-hybridized carbons (Fsp3) is 0.333. The Morgan fingerprint density at radius 1 is 1.50 bits per heavy atom. The number of ether oxygens (including phenoxy) is 1. The van der Waals surface area contributed by atoms with Gasteiger partial charge in [-0.3, -0.25) is 9.48 Å². The molecule has 0 atom stereocenters. The van der Waals surface area contributed by atoms with Gasteiger partial charge in [0.25, 0.3) is 5.91 Å². The maximum atomic E-state index is 12.5. The third-order valence-electron chi connectivity index (χ3n) is 3.26. The Morgan fingerprint density at radius 2 is 2.21 bits per heavy atom. The van der Waals surface area contributed by atoms with Crippen LogP contribution in [0.1, 0.15) is 45.1 Å². The Morgan fingerprint density at radius 3 is 2.79 bits per heavy atom. The van der Waals surface area contributed by atoms with Gasteiger partial charge in [-0.25, -0.2) is 4.79 Å². The van der Waals surface area contributed by atoms with Gasteiger partial charge in [-0.2, -0.15) is 10.4 Å². The number of nitrogens with one attached hydrogen (secondary N) is 1. The lowest BCUT2D eigenvalue weighted by molar-refractivity contribution is 0.0531. The van der Waals surface area contributed by atoms with Crippen LogP contribution in [0.3, 0.4) is 0 Å². The van der Waals surface area contributed by atoms with E-state index in [1.54, 1.807) is 13.8 Å². The highest BCUT2D eigenvalue weighted by atomic mass is 79.9. The normalized spacial score (nSPS) is 10.3. The summed E-state index contributed by atoms with van der Waals surface area (Å²) in [5.74, 6) is -0.911. The molecule has 2 aromatic rings. The van der Waals surface area contributed by atoms with Crippen LogP contribution in [-0.2, 0) is 11.3 Å². The lowest BCUT2D eigenvalue weighted by Gasteiger charge is -2.06. The van der Waals surface area contributed by atoms with Crippen LogP contribution >= 0.6 is 27.3 Å². The first-order valence-corrected chi connectivity index (χ1v) is 8.78. The Kier molecular flexibility index (Phi) is 5.75. The number of anilines is 1. The molecule has 0 aliphatic carbocycles. The molecule has 2 heterocycles. The summed E-state index contributed by atoms with van der Waals surface area (Å²) in [6.45, 7) is 5.99. The number of rotatable bonds is 5. The summed E-state index contributed by atoms with van der Waals surface area (Å²) in [5.41, 5.74) is 1.11. The van der Waals surface area contributed by atoms with Crippen LogP contribution in [-0.4, -0.2) is 28.3 Å². The number of hydrogen-bond donors (Lipinski definition) is 1. The molecule has 9 heteroatoms. The SMILES string of the molecule is CCOC(=O)c1sc(NC(=O)c2c(Br)cnn2CC)c(C#N)c1C. The molecule has 0 fully saturated rings. The largest absolute Gasteiger partial charge is 0.462 e. The van der Waals surface area contributed by atoms with E-state index in [-0.39, 0.29) is 12.2 Å². The standard InChI is InChI=1S/C15H15BrN4O3S/c1-4-20-11(10(16)7-18-20)13(21)19-14-9(6-17)8(3)12(24-14)15(22)23-5-2/h7H,4-5H2,1-3H3,(H,19,21). The van der Waals surface area contributed by atoms with E-state index in [0.717, 1.165) is 11.3 Å². The van der Waals surface area contributed by atoms with Crippen molar-refractivity contribution in [3.05, 3.63) is 32.4 Å². The lowest BCUT2D eigenvalue weighted by Crippen LogP contribution is -2.17. The van der Waals surface area contributed by atoms with E-state index in [9.17, 15) is 14.9 Å². The van der Waals surface area contributed by atoms with Gasteiger partial charge < -0.3 is 10.1 Å². The molecule has 2 rings (SSSR count). The Labute approximate surface area is 151 Å². The van der Waals surface area contributed by atoms with Crippen LogP contribution in [0.5, 0.6) is 0 Å². The minimum atomic E-state index is -0.503. The van der Waals surface area contributed by atoms with Crippen molar-refractivity contribution < 1.29 is 14.3 Å².